The summed E-state index contributed by atoms with van der Waals surface area (Å²) in [5, 5.41) is 3.25. The van der Waals surface area contributed by atoms with Gasteiger partial charge in [-0.05, 0) is 19.0 Å². The van der Waals surface area contributed by atoms with Gasteiger partial charge in [0, 0.05) is 18.7 Å². The molecule has 1 saturated heterocycles. The van der Waals surface area contributed by atoms with Crippen molar-refractivity contribution in [1.29, 1.82) is 0 Å². The maximum Gasteiger partial charge on any atom is 0.227 e. The summed E-state index contributed by atoms with van der Waals surface area (Å²) in [6, 6.07) is 7.97. The maximum absolute atomic E-state index is 12.4. The number of amides is 1. The van der Waals surface area contributed by atoms with Crippen LogP contribution in [0.5, 0.6) is 5.75 Å². The fourth-order valence-electron chi connectivity index (χ4n) is 2.64. The second-order valence-electron chi connectivity index (χ2n) is 4.91. The molecule has 0 aliphatic carbocycles. The topological polar surface area (TPSA) is 41.6 Å². The number of fused-ring (bicyclic) bond motifs is 1. The lowest BCUT2D eigenvalue weighted by Gasteiger charge is -2.23. The van der Waals surface area contributed by atoms with Crippen molar-refractivity contribution < 1.29 is 9.53 Å². The highest BCUT2D eigenvalue weighted by Gasteiger charge is 2.28. The smallest absolute Gasteiger partial charge is 0.227 e. The lowest BCUT2D eigenvalue weighted by atomic mass is 10.1. The molecule has 1 amide bonds. The van der Waals surface area contributed by atoms with Gasteiger partial charge in [0.15, 0.2) is 0 Å². The zero-order valence-corrected chi connectivity index (χ0v) is 10.4. The first-order valence-electron chi connectivity index (χ1n) is 6.55. The quantitative estimate of drug-likeness (QED) is 0.804. The van der Waals surface area contributed by atoms with Crippen molar-refractivity contribution in [3.8, 4) is 5.75 Å². The Bertz CT molecular complexity index is 441. The van der Waals surface area contributed by atoms with Crippen molar-refractivity contribution in [2.24, 2.45) is 5.92 Å². The van der Waals surface area contributed by atoms with Crippen LogP contribution in [-0.2, 0) is 11.3 Å². The summed E-state index contributed by atoms with van der Waals surface area (Å²) < 4.78 is 5.68. The first-order valence-corrected chi connectivity index (χ1v) is 6.55. The Morgan fingerprint density at radius 2 is 2.28 bits per heavy atom. The van der Waals surface area contributed by atoms with Crippen LogP contribution in [0.3, 0.4) is 0 Å². The van der Waals surface area contributed by atoms with E-state index in [0.29, 0.717) is 19.7 Å². The molecule has 96 valence electrons. The van der Waals surface area contributed by atoms with E-state index < -0.39 is 0 Å². The van der Waals surface area contributed by atoms with Crippen molar-refractivity contribution in [2.45, 2.75) is 13.0 Å². The number of benzene rings is 1. The minimum atomic E-state index is 0.148. The molecule has 0 bridgehead atoms. The summed E-state index contributed by atoms with van der Waals surface area (Å²) in [6.45, 7) is 3.72. The van der Waals surface area contributed by atoms with Crippen LogP contribution in [0.4, 0.5) is 0 Å². The van der Waals surface area contributed by atoms with Crippen LogP contribution in [0.1, 0.15) is 12.0 Å². The molecule has 4 heteroatoms. The average molecular weight is 246 g/mol. The highest BCUT2D eigenvalue weighted by molar-refractivity contribution is 5.79. The van der Waals surface area contributed by atoms with Crippen LogP contribution < -0.4 is 10.1 Å². The SMILES string of the molecule is O=C(C1CCNC1)N1CCOc2ccccc2C1. The normalized spacial score (nSPS) is 23.1. The fraction of sp³-hybridized carbons (Fsp3) is 0.500. The molecule has 18 heavy (non-hydrogen) atoms. The zero-order valence-electron chi connectivity index (χ0n) is 10.4. The van der Waals surface area contributed by atoms with E-state index in [0.717, 1.165) is 30.8 Å². The monoisotopic (exact) mass is 246 g/mol. The largest absolute Gasteiger partial charge is 0.491 e. The number of carbonyl (C=O) groups is 1. The number of hydrogen-bond donors (Lipinski definition) is 1. The minimum absolute atomic E-state index is 0.148. The van der Waals surface area contributed by atoms with Gasteiger partial charge >= 0.3 is 0 Å². The lowest BCUT2D eigenvalue weighted by molar-refractivity contribution is -0.135. The Morgan fingerprint density at radius 3 is 3.11 bits per heavy atom. The highest BCUT2D eigenvalue weighted by atomic mass is 16.5. The Labute approximate surface area is 107 Å². The Morgan fingerprint density at radius 1 is 1.39 bits per heavy atom. The molecule has 3 rings (SSSR count). The first-order chi connectivity index (χ1) is 8.84. The minimum Gasteiger partial charge on any atom is -0.491 e. The molecule has 1 aromatic rings. The molecule has 1 aromatic carbocycles. The number of para-hydroxylation sites is 1. The third kappa shape index (κ3) is 2.20. The second-order valence-corrected chi connectivity index (χ2v) is 4.91. The molecule has 2 aliphatic rings. The van der Waals surface area contributed by atoms with Gasteiger partial charge in [-0.15, -0.1) is 0 Å². The van der Waals surface area contributed by atoms with Crippen LogP contribution in [0.25, 0.3) is 0 Å². The standard InChI is InChI=1S/C14H18N2O2/c17-14(11-5-6-15-9-11)16-7-8-18-13-4-2-1-3-12(13)10-16/h1-4,11,15H,5-10H2. The predicted molar refractivity (Wildman–Crippen MR) is 68.3 cm³/mol. The van der Waals surface area contributed by atoms with E-state index in [1.165, 1.54) is 0 Å². The molecule has 0 aromatic heterocycles. The molecule has 0 spiro atoms. The summed E-state index contributed by atoms with van der Waals surface area (Å²) in [7, 11) is 0. The van der Waals surface area contributed by atoms with E-state index >= 15 is 0 Å². The van der Waals surface area contributed by atoms with Gasteiger partial charge in [0.2, 0.25) is 5.91 Å². The Hall–Kier alpha value is -1.55. The van der Waals surface area contributed by atoms with Gasteiger partial charge in [0.1, 0.15) is 12.4 Å². The van der Waals surface area contributed by atoms with E-state index in [-0.39, 0.29) is 11.8 Å². The molecule has 1 fully saturated rings. The molecular formula is C14H18N2O2. The molecular weight excluding hydrogens is 228 g/mol. The summed E-state index contributed by atoms with van der Waals surface area (Å²) in [5.74, 6) is 1.33. The fourth-order valence-corrected chi connectivity index (χ4v) is 2.64. The molecule has 4 nitrogen and oxygen atoms in total. The van der Waals surface area contributed by atoms with Crippen molar-refractivity contribution >= 4 is 5.91 Å². The van der Waals surface area contributed by atoms with Crippen LogP contribution in [0.15, 0.2) is 24.3 Å². The molecule has 0 saturated carbocycles. The van der Waals surface area contributed by atoms with E-state index in [9.17, 15) is 4.79 Å². The van der Waals surface area contributed by atoms with Crippen molar-refractivity contribution in [3.63, 3.8) is 0 Å². The van der Waals surface area contributed by atoms with E-state index in [1.54, 1.807) is 0 Å². The summed E-state index contributed by atoms with van der Waals surface area (Å²) in [4.78, 5) is 14.3. The Kier molecular flexibility index (Phi) is 3.19. The zero-order chi connectivity index (χ0) is 12.4. The van der Waals surface area contributed by atoms with Crippen molar-refractivity contribution in [2.75, 3.05) is 26.2 Å². The van der Waals surface area contributed by atoms with E-state index in [1.807, 2.05) is 29.2 Å². The number of ether oxygens (including phenoxy) is 1. The number of hydrogen-bond acceptors (Lipinski definition) is 3. The first kappa shape index (κ1) is 11.5. The molecule has 2 heterocycles. The van der Waals surface area contributed by atoms with Crippen LogP contribution in [-0.4, -0.2) is 37.0 Å². The molecule has 0 radical (unpaired) electrons. The van der Waals surface area contributed by atoms with E-state index in [2.05, 4.69) is 5.32 Å². The summed E-state index contributed by atoms with van der Waals surface area (Å²) >= 11 is 0. The van der Waals surface area contributed by atoms with Crippen molar-refractivity contribution in [1.82, 2.24) is 10.2 Å². The third-order valence-corrected chi connectivity index (χ3v) is 3.67. The van der Waals surface area contributed by atoms with Crippen molar-refractivity contribution in [3.05, 3.63) is 29.8 Å². The van der Waals surface area contributed by atoms with Crippen LogP contribution >= 0.6 is 0 Å². The molecule has 1 N–H and O–H groups in total. The maximum atomic E-state index is 12.4. The Balaban J connectivity index is 1.76. The third-order valence-electron chi connectivity index (χ3n) is 3.67. The van der Waals surface area contributed by atoms with Gasteiger partial charge in [-0.1, -0.05) is 18.2 Å². The van der Waals surface area contributed by atoms with Gasteiger partial charge in [-0.2, -0.15) is 0 Å². The molecule has 1 atom stereocenters. The van der Waals surface area contributed by atoms with Gasteiger partial charge < -0.3 is 15.0 Å². The predicted octanol–water partition coefficient (Wildman–Crippen LogP) is 1.02. The number of nitrogens with zero attached hydrogens (tertiary/aromatic N) is 1. The lowest BCUT2D eigenvalue weighted by Crippen LogP contribution is -2.37. The van der Waals surface area contributed by atoms with Gasteiger partial charge in [-0.25, -0.2) is 0 Å². The number of nitrogens with one attached hydrogen (secondary N) is 1. The van der Waals surface area contributed by atoms with Gasteiger partial charge in [-0.3, -0.25) is 4.79 Å². The summed E-state index contributed by atoms with van der Waals surface area (Å²) in [6.07, 6.45) is 0.956. The number of carbonyl (C=O) groups excluding carboxylic acids is 1. The summed E-state index contributed by atoms with van der Waals surface area (Å²) in [5.41, 5.74) is 1.11. The molecule has 2 aliphatic heterocycles. The van der Waals surface area contributed by atoms with Crippen LogP contribution in [0, 0.1) is 5.92 Å². The number of rotatable bonds is 1. The van der Waals surface area contributed by atoms with Gasteiger partial charge in [0.05, 0.1) is 12.5 Å². The average Bonchev–Trinajstić information content (AvgIpc) is 2.84. The van der Waals surface area contributed by atoms with Gasteiger partial charge in [0.25, 0.3) is 0 Å². The van der Waals surface area contributed by atoms with E-state index in [4.69, 9.17) is 4.74 Å². The second kappa shape index (κ2) is 4.98. The highest BCUT2D eigenvalue weighted by Crippen LogP contribution is 2.24. The molecule has 1 unspecified atom stereocenters. The van der Waals surface area contributed by atoms with Crippen LogP contribution in [0.2, 0.25) is 0 Å².